The average molecular weight is 443 g/mol. The van der Waals surface area contributed by atoms with Crippen LogP contribution < -0.4 is 16.2 Å². The van der Waals surface area contributed by atoms with Gasteiger partial charge in [0.05, 0.1) is 17.6 Å². The molecule has 0 aliphatic heterocycles. The highest BCUT2D eigenvalue weighted by molar-refractivity contribution is 6.33. The van der Waals surface area contributed by atoms with Gasteiger partial charge in [-0.25, -0.2) is 0 Å². The first-order valence-electron chi connectivity index (χ1n) is 9.63. The quantitative estimate of drug-likeness (QED) is 0.559. The van der Waals surface area contributed by atoms with E-state index in [1.165, 1.54) is 10.9 Å². The van der Waals surface area contributed by atoms with Crippen LogP contribution in [-0.4, -0.2) is 15.7 Å². The Labute approximate surface area is 183 Å². The van der Waals surface area contributed by atoms with Gasteiger partial charge in [0.25, 0.3) is 5.56 Å². The van der Waals surface area contributed by atoms with Crippen LogP contribution in [0.3, 0.4) is 0 Å². The third-order valence-electron chi connectivity index (χ3n) is 4.99. The molecule has 0 radical (unpaired) electrons. The van der Waals surface area contributed by atoms with E-state index < -0.39 is 5.56 Å². The first kappa shape index (κ1) is 20.4. The van der Waals surface area contributed by atoms with Gasteiger partial charge in [0.1, 0.15) is 5.02 Å². The first-order valence-corrected chi connectivity index (χ1v) is 10.4. The number of anilines is 2. The molecule has 1 aliphatic carbocycles. The minimum absolute atomic E-state index is 0.0557. The van der Waals surface area contributed by atoms with E-state index in [1.807, 2.05) is 31.2 Å². The van der Waals surface area contributed by atoms with Crippen molar-refractivity contribution in [3.63, 3.8) is 0 Å². The minimum Gasteiger partial charge on any atom is -0.376 e. The van der Waals surface area contributed by atoms with E-state index in [0.717, 1.165) is 24.1 Å². The van der Waals surface area contributed by atoms with Crippen molar-refractivity contribution in [2.24, 2.45) is 5.92 Å². The molecule has 2 aromatic carbocycles. The molecule has 1 amide bonds. The maximum Gasteiger partial charge on any atom is 0.292 e. The lowest BCUT2D eigenvalue weighted by molar-refractivity contribution is -0.117. The van der Waals surface area contributed by atoms with Gasteiger partial charge in [0.15, 0.2) is 0 Å². The van der Waals surface area contributed by atoms with Gasteiger partial charge in [-0.05, 0) is 61.7 Å². The van der Waals surface area contributed by atoms with Crippen LogP contribution in [0.15, 0.2) is 59.5 Å². The molecule has 1 saturated carbocycles. The summed E-state index contributed by atoms with van der Waals surface area (Å²) in [5, 5.41) is 11.0. The number of carbonyl (C=O) groups is 1. The highest BCUT2D eigenvalue weighted by Gasteiger charge is 2.29. The molecule has 154 valence electrons. The number of aromatic nitrogens is 2. The summed E-state index contributed by atoms with van der Waals surface area (Å²) in [5.74, 6) is 0.239. The Morgan fingerprint density at radius 1 is 1.10 bits per heavy atom. The predicted molar refractivity (Wildman–Crippen MR) is 120 cm³/mol. The first-order chi connectivity index (χ1) is 14.4. The third kappa shape index (κ3) is 4.50. The van der Waals surface area contributed by atoms with Crippen molar-refractivity contribution in [1.82, 2.24) is 9.78 Å². The molecule has 1 unspecified atom stereocenters. The van der Waals surface area contributed by atoms with Crippen molar-refractivity contribution in [1.29, 1.82) is 0 Å². The Morgan fingerprint density at radius 3 is 2.40 bits per heavy atom. The molecular formula is C22H20Cl2N4O2. The van der Waals surface area contributed by atoms with Crippen LogP contribution in [0, 0.1) is 5.92 Å². The largest absolute Gasteiger partial charge is 0.376 e. The number of carbonyl (C=O) groups excluding carboxylic acids is 1. The molecule has 30 heavy (non-hydrogen) atoms. The van der Waals surface area contributed by atoms with E-state index in [9.17, 15) is 9.59 Å². The second-order valence-electron chi connectivity index (χ2n) is 7.32. The molecule has 8 heteroatoms. The smallest absolute Gasteiger partial charge is 0.292 e. The summed E-state index contributed by atoms with van der Waals surface area (Å²) in [4.78, 5) is 24.5. The molecule has 0 spiro atoms. The van der Waals surface area contributed by atoms with Crippen molar-refractivity contribution < 1.29 is 4.79 Å². The Kier molecular flexibility index (Phi) is 5.79. The number of amides is 1. The fourth-order valence-electron chi connectivity index (χ4n) is 3.06. The summed E-state index contributed by atoms with van der Waals surface area (Å²) in [6.07, 6.45) is 3.46. The Morgan fingerprint density at radius 2 is 1.77 bits per heavy atom. The van der Waals surface area contributed by atoms with E-state index in [1.54, 1.807) is 24.3 Å². The molecule has 1 aromatic heterocycles. The topological polar surface area (TPSA) is 76.0 Å². The highest BCUT2D eigenvalue weighted by atomic mass is 35.5. The molecule has 1 fully saturated rings. The van der Waals surface area contributed by atoms with E-state index in [0.29, 0.717) is 16.4 Å². The zero-order chi connectivity index (χ0) is 21.3. The van der Waals surface area contributed by atoms with Gasteiger partial charge in [-0.1, -0.05) is 35.3 Å². The summed E-state index contributed by atoms with van der Waals surface area (Å²) in [6, 6.07) is 14.2. The van der Waals surface area contributed by atoms with Crippen molar-refractivity contribution in [2.45, 2.75) is 25.8 Å². The number of hydrogen-bond acceptors (Lipinski definition) is 4. The molecule has 3 aromatic rings. The number of nitrogens with zero attached hydrogens (tertiary/aromatic N) is 2. The lowest BCUT2D eigenvalue weighted by Gasteiger charge is -2.17. The standard InChI is InChI=1S/C22H20Cl2N4O2/c1-13(14-4-8-17(9-5-14)27-21(29)15-2-3-15)26-19-12-25-28(22(30)20(19)24)18-10-6-16(23)7-11-18/h4-13,15,26H,2-3H2,1H3,(H,27,29). The van der Waals surface area contributed by atoms with Gasteiger partial charge < -0.3 is 10.6 Å². The number of hydrogen-bond donors (Lipinski definition) is 2. The van der Waals surface area contributed by atoms with Gasteiger partial charge >= 0.3 is 0 Å². The number of halogens is 2. The van der Waals surface area contributed by atoms with Crippen LogP contribution in [0.4, 0.5) is 11.4 Å². The second-order valence-corrected chi connectivity index (χ2v) is 8.13. The maximum atomic E-state index is 12.7. The molecule has 1 heterocycles. The van der Waals surface area contributed by atoms with Gasteiger partial charge in [0, 0.05) is 22.7 Å². The zero-order valence-corrected chi connectivity index (χ0v) is 17.7. The van der Waals surface area contributed by atoms with Crippen molar-refractivity contribution >= 4 is 40.5 Å². The molecule has 1 aliphatic rings. The van der Waals surface area contributed by atoms with E-state index in [4.69, 9.17) is 23.2 Å². The van der Waals surface area contributed by atoms with Crippen LogP contribution in [0.25, 0.3) is 5.69 Å². The maximum absolute atomic E-state index is 12.7. The molecule has 0 saturated heterocycles. The monoisotopic (exact) mass is 442 g/mol. The molecule has 2 N–H and O–H groups in total. The Hall–Kier alpha value is -2.83. The van der Waals surface area contributed by atoms with Gasteiger partial charge in [0.2, 0.25) is 5.91 Å². The van der Waals surface area contributed by atoms with Crippen molar-refractivity contribution in [3.05, 3.63) is 80.7 Å². The summed E-state index contributed by atoms with van der Waals surface area (Å²) >= 11 is 12.2. The number of nitrogens with one attached hydrogen (secondary N) is 2. The molecule has 4 rings (SSSR count). The normalized spacial score (nSPS) is 14.2. The highest BCUT2D eigenvalue weighted by Crippen LogP contribution is 2.30. The summed E-state index contributed by atoms with van der Waals surface area (Å²) in [5.41, 5.74) is 2.36. The Balaban J connectivity index is 1.48. The second kappa shape index (κ2) is 8.50. The number of rotatable bonds is 6. The van der Waals surface area contributed by atoms with Crippen LogP contribution >= 0.6 is 23.2 Å². The lowest BCUT2D eigenvalue weighted by Crippen LogP contribution is -2.23. The van der Waals surface area contributed by atoms with Crippen LogP contribution in [0.2, 0.25) is 10.0 Å². The Bertz CT molecular complexity index is 1120. The lowest BCUT2D eigenvalue weighted by atomic mass is 10.1. The van der Waals surface area contributed by atoms with Gasteiger partial charge in [-0.15, -0.1) is 0 Å². The summed E-state index contributed by atoms with van der Waals surface area (Å²) in [7, 11) is 0. The zero-order valence-electron chi connectivity index (χ0n) is 16.2. The van der Waals surface area contributed by atoms with E-state index in [-0.39, 0.29) is 22.9 Å². The fourth-order valence-corrected chi connectivity index (χ4v) is 3.37. The minimum atomic E-state index is -0.422. The summed E-state index contributed by atoms with van der Waals surface area (Å²) < 4.78 is 1.23. The third-order valence-corrected chi connectivity index (χ3v) is 5.61. The van der Waals surface area contributed by atoms with E-state index >= 15 is 0 Å². The number of benzene rings is 2. The van der Waals surface area contributed by atoms with Crippen LogP contribution in [-0.2, 0) is 4.79 Å². The van der Waals surface area contributed by atoms with Crippen molar-refractivity contribution in [3.8, 4) is 5.69 Å². The molecule has 1 atom stereocenters. The van der Waals surface area contributed by atoms with Crippen molar-refractivity contribution in [2.75, 3.05) is 10.6 Å². The predicted octanol–water partition coefficient (Wildman–Crippen LogP) is 5.06. The van der Waals surface area contributed by atoms with Gasteiger partial charge in [-0.2, -0.15) is 9.78 Å². The fraction of sp³-hybridized carbons (Fsp3) is 0.227. The van der Waals surface area contributed by atoms with E-state index in [2.05, 4.69) is 15.7 Å². The van der Waals surface area contributed by atoms with Crippen LogP contribution in [0.1, 0.15) is 31.4 Å². The molecule has 6 nitrogen and oxygen atoms in total. The van der Waals surface area contributed by atoms with Crippen LogP contribution in [0.5, 0.6) is 0 Å². The SMILES string of the molecule is CC(Nc1cnn(-c2ccc(Cl)cc2)c(=O)c1Cl)c1ccc(NC(=O)C2CC2)cc1. The average Bonchev–Trinajstić information content (AvgIpc) is 3.58. The molecule has 0 bridgehead atoms. The summed E-state index contributed by atoms with van der Waals surface area (Å²) in [6.45, 7) is 1.96. The van der Waals surface area contributed by atoms with Gasteiger partial charge in [-0.3, -0.25) is 9.59 Å². The molecular weight excluding hydrogens is 423 g/mol.